The maximum absolute atomic E-state index is 13.0. The Balaban J connectivity index is 1.71. The molecule has 4 aromatic rings. The van der Waals surface area contributed by atoms with E-state index in [9.17, 15) is 4.79 Å². The number of halogens is 1. The van der Waals surface area contributed by atoms with Crippen LogP contribution in [0, 0.1) is 13.8 Å². The first-order valence-corrected chi connectivity index (χ1v) is 10.8. The number of rotatable bonds is 6. The summed E-state index contributed by atoms with van der Waals surface area (Å²) in [5, 5.41) is 4.92. The van der Waals surface area contributed by atoms with Crippen LogP contribution in [0.3, 0.4) is 0 Å². The van der Waals surface area contributed by atoms with Gasteiger partial charge >= 0.3 is 0 Å². The molecule has 0 unspecified atom stereocenters. The number of hydrogen-bond donors (Lipinski definition) is 0. The van der Waals surface area contributed by atoms with Gasteiger partial charge in [0, 0.05) is 10.0 Å². The van der Waals surface area contributed by atoms with Crippen LogP contribution in [0.5, 0.6) is 11.5 Å². The molecule has 0 amide bonds. The molecule has 1 heterocycles. The highest BCUT2D eigenvalue weighted by Crippen LogP contribution is 2.31. The highest BCUT2D eigenvalue weighted by atomic mass is 79.9. The Kier molecular flexibility index (Phi) is 6.37. The van der Waals surface area contributed by atoms with Crippen LogP contribution >= 0.6 is 15.9 Å². The summed E-state index contributed by atoms with van der Waals surface area (Å²) in [5.41, 5.74) is 3.30. The Hall–Kier alpha value is -3.45. The molecule has 0 aliphatic rings. The van der Waals surface area contributed by atoms with Crippen molar-refractivity contribution in [1.29, 1.82) is 0 Å². The Labute approximate surface area is 194 Å². The number of fused-ring (bicyclic) bond motifs is 1. The van der Waals surface area contributed by atoms with Crippen LogP contribution in [-0.2, 0) is 6.61 Å². The highest BCUT2D eigenvalue weighted by molar-refractivity contribution is 9.10. The monoisotopic (exact) mass is 491 g/mol. The highest BCUT2D eigenvalue weighted by Gasteiger charge is 2.12. The Morgan fingerprint density at radius 2 is 1.91 bits per heavy atom. The van der Waals surface area contributed by atoms with Gasteiger partial charge in [0.15, 0.2) is 11.5 Å². The SMILES string of the molecule is COc1cccc(C=Nn2c(C)nc3ccc(Br)cc3c2=O)c1OCc1cccc(C)c1. The standard InChI is InChI=1S/C25H22BrN3O3/c1-16-6-4-7-18(12-16)15-32-24-19(8-5-9-23(24)31-3)14-27-29-17(2)28-22-11-10-20(26)13-21(22)25(29)30/h4-14H,15H2,1-3H3. The Bertz CT molecular complexity index is 1380. The van der Waals surface area contributed by atoms with Crippen LogP contribution < -0.4 is 15.0 Å². The van der Waals surface area contributed by atoms with Gasteiger partial charge in [-0.25, -0.2) is 4.98 Å². The molecule has 0 saturated heterocycles. The van der Waals surface area contributed by atoms with Crippen molar-refractivity contribution in [2.75, 3.05) is 7.11 Å². The zero-order valence-corrected chi connectivity index (χ0v) is 19.6. The van der Waals surface area contributed by atoms with Crippen molar-refractivity contribution in [1.82, 2.24) is 9.66 Å². The van der Waals surface area contributed by atoms with Crippen LogP contribution in [0.25, 0.3) is 10.9 Å². The third-order valence-corrected chi connectivity index (χ3v) is 5.47. The number of nitrogens with zero attached hydrogens (tertiary/aromatic N) is 3. The molecule has 3 aromatic carbocycles. The lowest BCUT2D eigenvalue weighted by molar-refractivity contribution is 0.284. The summed E-state index contributed by atoms with van der Waals surface area (Å²) >= 11 is 3.41. The molecule has 0 bridgehead atoms. The topological polar surface area (TPSA) is 65.7 Å². The molecule has 7 heteroatoms. The number of aryl methyl sites for hydroxylation is 2. The minimum atomic E-state index is -0.241. The van der Waals surface area contributed by atoms with Gasteiger partial charge in [-0.3, -0.25) is 4.79 Å². The van der Waals surface area contributed by atoms with E-state index in [4.69, 9.17) is 9.47 Å². The molecule has 0 N–H and O–H groups in total. The lowest BCUT2D eigenvalue weighted by Gasteiger charge is -2.13. The molecule has 4 rings (SSSR count). The Morgan fingerprint density at radius 3 is 2.69 bits per heavy atom. The summed E-state index contributed by atoms with van der Waals surface area (Å²) in [6, 6.07) is 19.1. The second-order valence-electron chi connectivity index (χ2n) is 7.34. The van der Waals surface area contributed by atoms with Gasteiger partial charge < -0.3 is 9.47 Å². The molecule has 0 aliphatic carbocycles. The molecular formula is C25H22BrN3O3. The van der Waals surface area contributed by atoms with E-state index in [1.165, 1.54) is 10.2 Å². The lowest BCUT2D eigenvalue weighted by Crippen LogP contribution is -2.20. The lowest BCUT2D eigenvalue weighted by atomic mass is 10.1. The molecule has 0 saturated carbocycles. The number of methoxy groups -OCH3 is 1. The first-order valence-electron chi connectivity index (χ1n) is 10.0. The van der Waals surface area contributed by atoms with Crippen molar-refractivity contribution in [2.24, 2.45) is 5.10 Å². The van der Waals surface area contributed by atoms with E-state index >= 15 is 0 Å². The summed E-state index contributed by atoms with van der Waals surface area (Å²) in [5.74, 6) is 1.64. The van der Waals surface area contributed by atoms with Crippen LogP contribution in [0.2, 0.25) is 0 Å². The van der Waals surface area contributed by atoms with E-state index in [1.807, 2.05) is 49.4 Å². The maximum atomic E-state index is 13.0. The zero-order chi connectivity index (χ0) is 22.7. The minimum Gasteiger partial charge on any atom is -0.493 e. The normalized spacial score (nSPS) is 11.2. The van der Waals surface area contributed by atoms with Crippen molar-refractivity contribution in [3.8, 4) is 11.5 Å². The second-order valence-corrected chi connectivity index (χ2v) is 8.25. The van der Waals surface area contributed by atoms with Crippen molar-refractivity contribution in [3.05, 3.63) is 98.0 Å². The number of para-hydroxylation sites is 1. The summed E-state index contributed by atoms with van der Waals surface area (Å²) in [4.78, 5) is 17.5. The third-order valence-electron chi connectivity index (χ3n) is 4.98. The largest absolute Gasteiger partial charge is 0.493 e. The van der Waals surface area contributed by atoms with Gasteiger partial charge in [-0.05, 0) is 49.7 Å². The average Bonchev–Trinajstić information content (AvgIpc) is 2.78. The smallest absolute Gasteiger partial charge is 0.282 e. The second kappa shape index (κ2) is 9.36. The fourth-order valence-electron chi connectivity index (χ4n) is 3.42. The van der Waals surface area contributed by atoms with Gasteiger partial charge in [-0.2, -0.15) is 9.78 Å². The predicted molar refractivity (Wildman–Crippen MR) is 130 cm³/mol. The van der Waals surface area contributed by atoms with Gasteiger partial charge in [-0.15, -0.1) is 0 Å². The molecule has 162 valence electrons. The molecular weight excluding hydrogens is 470 g/mol. The summed E-state index contributed by atoms with van der Waals surface area (Å²) in [7, 11) is 1.59. The van der Waals surface area contributed by atoms with Gasteiger partial charge in [0.2, 0.25) is 0 Å². The molecule has 6 nitrogen and oxygen atoms in total. The number of aromatic nitrogens is 2. The van der Waals surface area contributed by atoms with Gasteiger partial charge in [0.05, 0.1) is 24.2 Å². The molecule has 0 spiro atoms. The van der Waals surface area contributed by atoms with Crippen LogP contribution in [0.15, 0.2) is 75.0 Å². The zero-order valence-electron chi connectivity index (χ0n) is 18.0. The van der Waals surface area contributed by atoms with E-state index in [1.54, 1.807) is 32.4 Å². The van der Waals surface area contributed by atoms with Gasteiger partial charge in [0.25, 0.3) is 5.56 Å². The van der Waals surface area contributed by atoms with Crippen molar-refractivity contribution < 1.29 is 9.47 Å². The van der Waals surface area contributed by atoms with E-state index < -0.39 is 0 Å². The predicted octanol–water partition coefficient (Wildman–Crippen LogP) is 5.25. The fourth-order valence-corrected chi connectivity index (χ4v) is 3.78. The van der Waals surface area contributed by atoms with E-state index in [-0.39, 0.29) is 5.56 Å². The third kappa shape index (κ3) is 4.57. The van der Waals surface area contributed by atoms with Crippen LogP contribution in [0.1, 0.15) is 22.5 Å². The van der Waals surface area contributed by atoms with Gasteiger partial charge in [-0.1, -0.05) is 51.8 Å². The Morgan fingerprint density at radius 1 is 1.09 bits per heavy atom. The van der Waals surface area contributed by atoms with Crippen molar-refractivity contribution in [2.45, 2.75) is 20.5 Å². The van der Waals surface area contributed by atoms with E-state index in [0.717, 1.165) is 10.0 Å². The summed E-state index contributed by atoms with van der Waals surface area (Å²) in [6.45, 7) is 4.18. The number of ether oxygens (including phenoxy) is 2. The fraction of sp³-hybridized carbons (Fsp3) is 0.160. The average molecular weight is 492 g/mol. The minimum absolute atomic E-state index is 0.241. The van der Waals surface area contributed by atoms with Crippen molar-refractivity contribution in [3.63, 3.8) is 0 Å². The van der Waals surface area contributed by atoms with E-state index in [0.29, 0.717) is 40.4 Å². The van der Waals surface area contributed by atoms with E-state index in [2.05, 4.69) is 32.1 Å². The van der Waals surface area contributed by atoms with Crippen LogP contribution in [-0.4, -0.2) is 23.0 Å². The maximum Gasteiger partial charge on any atom is 0.282 e. The molecule has 32 heavy (non-hydrogen) atoms. The molecule has 0 aliphatic heterocycles. The molecule has 0 atom stereocenters. The van der Waals surface area contributed by atoms with Gasteiger partial charge in [0.1, 0.15) is 12.4 Å². The first-order chi connectivity index (χ1) is 15.5. The first kappa shape index (κ1) is 21.8. The van der Waals surface area contributed by atoms with Crippen LogP contribution in [0.4, 0.5) is 0 Å². The molecule has 1 aromatic heterocycles. The molecule has 0 radical (unpaired) electrons. The number of hydrogen-bond acceptors (Lipinski definition) is 5. The molecule has 0 fully saturated rings. The number of benzene rings is 3. The summed E-state index contributed by atoms with van der Waals surface area (Å²) in [6.07, 6.45) is 1.59. The quantitative estimate of drug-likeness (QED) is 0.345. The van der Waals surface area contributed by atoms with Crippen molar-refractivity contribution >= 4 is 33.0 Å². The summed E-state index contributed by atoms with van der Waals surface area (Å²) < 4.78 is 13.7.